The Morgan fingerprint density at radius 3 is 2.71 bits per heavy atom. The quantitative estimate of drug-likeness (QED) is 0.869. The van der Waals surface area contributed by atoms with Crippen LogP contribution in [0.25, 0.3) is 0 Å². The van der Waals surface area contributed by atoms with Gasteiger partial charge in [-0.3, -0.25) is 4.79 Å². The van der Waals surface area contributed by atoms with Crippen LogP contribution in [-0.2, 0) is 4.79 Å². The summed E-state index contributed by atoms with van der Waals surface area (Å²) < 4.78 is 0. The van der Waals surface area contributed by atoms with E-state index in [1.54, 1.807) is 11.8 Å². The molecule has 1 saturated heterocycles. The molecule has 1 aliphatic carbocycles. The van der Waals surface area contributed by atoms with Crippen LogP contribution in [0.2, 0.25) is 0 Å². The first kappa shape index (κ1) is 16.7. The number of rotatable bonds is 3. The van der Waals surface area contributed by atoms with Gasteiger partial charge in [-0.05, 0) is 36.8 Å². The number of likely N-dealkylation sites (tertiary alicyclic amines) is 1. The minimum atomic E-state index is 0. The highest BCUT2D eigenvalue weighted by atomic mass is 35.5. The molecule has 1 amide bonds. The van der Waals surface area contributed by atoms with Crippen LogP contribution in [0.4, 0.5) is 0 Å². The lowest BCUT2D eigenvalue weighted by Gasteiger charge is -2.29. The van der Waals surface area contributed by atoms with Crippen LogP contribution in [0.1, 0.15) is 19.3 Å². The van der Waals surface area contributed by atoms with E-state index in [-0.39, 0.29) is 18.3 Å². The molecule has 3 atom stereocenters. The van der Waals surface area contributed by atoms with Gasteiger partial charge in [-0.15, -0.1) is 24.2 Å². The molecule has 0 radical (unpaired) electrons. The van der Waals surface area contributed by atoms with Gasteiger partial charge in [0.25, 0.3) is 0 Å². The summed E-state index contributed by atoms with van der Waals surface area (Å²) in [5, 5.41) is 0. The van der Waals surface area contributed by atoms with E-state index in [4.69, 9.17) is 5.73 Å². The number of hydrogen-bond donors (Lipinski definition) is 1. The molecule has 21 heavy (non-hydrogen) atoms. The maximum atomic E-state index is 12.3. The smallest absolute Gasteiger partial charge is 0.232 e. The molecule has 1 aromatic rings. The van der Waals surface area contributed by atoms with Crippen molar-refractivity contribution in [3.63, 3.8) is 0 Å². The van der Waals surface area contributed by atoms with Crippen molar-refractivity contribution >= 4 is 30.1 Å². The number of hydrogen-bond acceptors (Lipinski definition) is 3. The van der Waals surface area contributed by atoms with E-state index < -0.39 is 0 Å². The fourth-order valence-corrected chi connectivity index (χ4v) is 4.30. The summed E-state index contributed by atoms with van der Waals surface area (Å²) in [5.41, 5.74) is 6.20. The summed E-state index contributed by atoms with van der Waals surface area (Å²) >= 11 is 1.63. The molecule has 1 saturated carbocycles. The van der Waals surface area contributed by atoms with Crippen LogP contribution in [0, 0.1) is 11.8 Å². The predicted molar refractivity (Wildman–Crippen MR) is 89.8 cm³/mol. The molecular weight excluding hydrogens is 304 g/mol. The Morgan fingerprint density at radius 2 is 2.00 bits per heavy atom. The van der Waals surface area contributed by atoms with Gasteiger partial charge in [0.2, 0.25) is 5.91 Å². The van der Waals surface area contributed by atoms with E-state index in [1.165, 1.54) is 12.8 Å². The molecule has 3 rings (SSSR count). The lowest BCUT2D eigenvalue weighted by Crippen LogP contribution is -2.38. The van der Waals surface area contributed by atoms with Gasteiger partial charge in [-0.1, -0.05) is 24.6 Å². The van der Waals surface area contributed by atoms with Gasteiger partial charge < -0.3 is 10.6 Å². The number of benzene rings is 1. The van der Waals surface area contributed by atoms with E-state index >= 15 is 0 Å². The average molecular weight is 327 g/mol. The molecule has 1 heterocycles. The Balaban J connectivity index is 0.00000161. The van der Waals surface area contributed by atoms with E-state index in [0.717, 1.165) is 24.4 Å². The average Bonchev–Trinajstić information content (AvgIpc) is 2.91. The van der Waals surface area contributed by atoms with Crippen LogP contribution in [-0.4, -0.2) is 35.7 Å². The first-order valence-corrected chi connectivity index (χ1v) is 8.44. The van der Waals surface area contributed by atoms with Crippen molar-refractivity contribution < 1.29 is 4.79 Å². The molecule has 1 aromatic carbocycles. The minimum absolute atomic E-state index is 0. The van der Waals surface area contributed by atoms with Crippen molar-refractivity contribution in [2.24, 2.45) is 17.6 Å². The van der Waals surface area contributed by atoms with Crippen LogP contribution < -0.4 is 5.73 Å². The number of thioether (sulfide) groups is 1. The van der Waals surface area contributed by atoms with Crippen molar-refractivity contribution in [3.05, 3.63) is 30.3 Å². The SMILES string of the molecule is Cl.NC1CCCC2CN(C(=O)CSc3ccccc3)CC12. The molecule has 2 N–H and O–H groups in total. The van der Waals surface area contributed by atoms with E-state index in [0.29, 0.717) is 23.6 Å². The van der Waals surface area contributed by atoms with Gasteiger partial charge in [0.05, 0.1) is 5.75 Å². The first-order chi connectivity index (χ1) is 9.74. The maximum absolute atomic E-state index is 12.3. The predicted octanol–water partition coefficient (Wildman–Crippen LogP) is 2.79. The van der Waals surface area contributed by atoms with Gasteiger partial charge in [-0.25, -0.2) is 0 Å². The van der Waals surface area contributed by atoms with Gasteiger partial charge in [0.1, 0.15) is 0 Å². The third-order valence-corrected chi connectivity index (χ3v) is 5.61. The summed E-state index contributed by atoms with van der Waals surface area (Å²) in [6.45, 7) is 1.80. The number of halogens is 1. The lowest BCUT2D eigenvalue weighted by molar-refractivity contribution is -0.127. The lowest BCUT2D eigenvalue weighted by atomic mass is 9.78. The Labute approximate surface area is 137 Å². The zero-order valence-electron chi connectivity index (χ0n) is 12.1. The molecule has 2 aliphatic rings. The molecule has 1 aliphatic heterocycles. The minimum Gasteiger partial charge on any atom is -0.341 e. The molecule has 5 heteroatoms. The monoisotopic (exact) mass is 326 g/mol. The normalized spacial score (nSPS) is 27.9. The fourth-order valence-electron chi connectivity index (χ4n) is 3.47. The highest BCUT2D eigenvalue weighted by Crippen LogP contribution is 2.35. The molecule has 3 unspecified atom stereocenters. The van der Waals surface area contributed by atoms with Crippen LogP contribution >= 0.6 is 24.2 Å². The van der Waals surface area contributed by atoms with Crippen LogP contribution in [0.15, 0.2) is 35.2 Å². The van der Waals surface area contributed by atoms with E-state index in [2.05, 4.69) is 12.1 Å². The molecule has 0 bridgehead atoms. The van der Waals surface area contributed by atoms with Crippen molar-refractivity contribution in [2.75, 3.05) is 18.8 Å². The maximum Gasteiger partial charge on any atom is 0.232 e. The van der Waals surface area contributed by atoms with E-state index in [9.17, 15) is 4.79 Å². The molecular formula is C16H23ClN2OS. The largest absolute Gasteiger partial charge is 0.341 e. The summed E-state index contributed by atoms with van der Waals surface area (Å²) in [6, 6.07) is 10.4. The molecule has 2 fully saturated rings. The highest BCUT2D eigenvalue weighted by molar-refractivity contribution is 8.00. The topological polar surface area (TPSA) is 46.3 Å². The molecule has 0 aromatic heterocycles. The Morgan fingerprint density at radius 1 is 1.24 bits per heavy atom. The second-order valence-corrected chi connectivity index (χ2v) is 6.97. The number of carbonyl (C=O) groups is 1. The van der Waals surface area contributed by atoms with Crippen molar-refractivity contribution in [2.45, 2.75) is 30.2 Å². The van der Waals surface area contributed by atoms with E-state index in [1.807, 2.05) is 23.1 Å². The number of nitrogens with zero attached hydrogens (tertiary/aromatic N) is 1. The summed E-state index contributed by atoms with van der Waals surface area (Å²) in [4.78, 5) is 15.5. The molecule has 3 nitrogen and oxygen atoms in total. The Hall–Kier alpha value is -0.710. The third-order valence-electron chi connectivity index (χ3n) is 4.61. The number of carbonyl (C=O) groups excluding carboxylic acids is 1. The fraction of sp³-hybridized carbons (Fsp3) is 0.562. The second kappa shape index (κ2) is 7.52. The summed E-state index contributed by atoms with van der Waals surface area (Å²) in [5.74, 6) is 1.98. The van der Waals surface area contributed by atoms with Gasteiger partial charge in [0, 0.05) is 24.0 Å². The summed E-state index contributed by atoms with van der Waals surface area (Å²) in [7, 11) is 0. The van der Waals surface area contributed by atoms with Crippen molar-refractivity contribution in [1.82, 2.24) is 4.90 Å². The number of nitrogens with two attached hydrogens (primary N) is 1. The molecule has 0 spiro atoms. The summed E-state index contributed by atoms with van der Waals surface area (Å²) in [6.07, 6.45) is 3.60. The van der Waals surface area contributed by atoms with Crippen LogP contribution in [0.3, 0.4) is 0 Å². The second-order valence-electron chi connectivity index (χ2n) is 5.92. The van der Waals surface area contributed by atoms with Gasteiger partial charge in [-0.2, -0.15) is 0 Å². The number of amides is 1. The Kier molecular flexibility index (Phi) is 5.97. The zero-order valence-corrected chi connectivity index (χ0v) is 13.7. The van der Waals surface area contributed by atoms with Gasteiger partial charge in [0.15, 0.2) is 0 Å². The standard InChI is InChI=1S/C16H22N2OS.ClH/c17-15-8-4-5-12-9-18(10-14(12)15)16(19)11-20-13-6-2-1-3-7-13;/h1-3,6-7,12,14-15H,4-5,8-11,17H2;1H. The van der Waals surface area contributed by atoms with Crippen LogP contribution in [0.5, 0.6) is 0 Å². The highest BCUT2D eigenvalue weighted by Gasteiger charge is 2.40. The van der Waals surface area contributed by atoms with Crippen molar-refractivity contribution in [3.8, 4) is 0 Å². The van der Waals surface area contributed by atoms with Gasteiger partial charge >= 0.3 is 0 Å². The number of fused-ring (bicyclic) bond motifs is 1. The third kappa shape index (κ3) is 3.93. The zero-order chi connectivity index (χ0) is 13.9. The van der Waals surface area contributed by atoms with Crippen molar-refractivity contribution in [1.29, 1.82) is 0 Å². The Bertz CT molecular complexity index is 471. The first-order valence-electron chi connectivity index (χ1n) is 7.45. The molecule has 116 valence electrons.